The van der Waals surface area contributed by atoms with E-state index in [1.807, 2.05) is 54.6 Å². The molecule has 4 rings (SSSR count). The summed E-state index contributed by atoms with van der Waals surface area (Å²) < 4.78 is 120. The first-order valence-corrected chi connectivity index (χ1v) is 16.9. The van der Waals surface area contributed by atoms with Crippen molar-refractivity contribution < 1.29 is 58.7 Å². The first-order chi connectivity index (χ1) is 21.7. The van der Waals surface area contributed by atoms with Crippen molar-refractivity contribution in [2.45, 2.75) is 72.6 Å². The van der Waals surface area contributed by atoms with E-state index in [9.17, 15) is 35.2 Å². The second-order valence-corrected chi connectivity index (χ2v) is 15.1. The first kappa shape index (κ1) is 36.8. The van der Waals surface area contributed by atoms with Crippen molar-refractivity contribution >= 4 is 27.0 Å². The third-order valence-corrected chi connectivity index (χ3v) is 11.0. The molecule has 2 atom stereocenters. The zero-order valence-corrected chi connectivity index (χ0v) is 27.7. The Labute approximate surface area is 272 Å². The van der Waals surface area contributed by atoms with Crippen LogP contribution in [0.4, 0.5) is 22.0 Å². The number of esters is 1. The molecule has 0 bridgehead atoms. The minimum atomic E-state index is -5.76. The Kier molecular flexibility index (Phi) is 10.5. The summed E-state index contributed by atoms with van der Waals surface area (Å²) in [5.41, 5.74) is -0.494. The molecule has 8 nitrogen and oxygen atoms in total. The Hall–Kier alpha value is -3.08. The predicted molar refractivity (Wildman–Crippen MR) is 162 cm³/mol. The molecule has 0 spiro atoms. The molecule has 1 heterocycles. The van der Waals surface area contributed by atoms with Crippen LogP contribution in [-0.4, -0.2) is 56.3 Å². The largest absolute Gasteiger partial charge is 0.424 e. The standard InChI is InChI=1S/C32H33F5O8S2/c1-20-15-26(16-21(2)28(20)45-27(38)17-42-22(3)31(33,34)47(39,40)41)46(24-9-7-6-8-10-24)25-13-11-23(12-14-25)30(5)43-18-29(4,19-44-30)32(35,36)37/h6-16,22H,17-19H2,1-5H3/p+1. The van der Waals surface area contributed by atoms with Crippen LogP contribution in [0, 0.1) is 19.3 Å². The van der Waals surface area contributed by atoms with Crippen LogP contribution in [0.15, 0.2) is 81.4 Å². The fourth-order valence-electron chi connectivity index (χ4n) is 4.70. The molecule has 2 unspecified atom stereocenters. The zero-order valence-electron chi connectivity index (χ0n) is 26.1. The van der Waals surface area contributed by atoms with Gasteiger partial charge in [0.05, 0.1) is 24.1 Å². The summed E-state index contributed by atoms with van der Waals surface area (Å²) in [7, 11) is -6.46. The molecule has 3 aromatic carbocycles. The number of ether oxygens (including phenoxy) is 4. The summed E-state index contributed by atoms with van der Waals surface area (Å²) in [4.78, 5) is 15.1. The average Bonchev–Trinajstić information content (AvgIpc) is 2.99. The number of carbonyl (C=O) groups is 1. The average molecular weight is 706 g/mol. The maximum absolute atomic E-state index is 13.8. The van der Waals surface area contributed by atoms with Crippen molar-refractivity contribution in [3.8, 4) is 5.75 Å². The number of hydrogen-bond acceptors (Lipinski definition) is 7. The third kappa shape index (κ3) is 7.81. The van der Waals surface area contributed by atoms with Gasteiger partial charge in [0.1, 0.15) is 23.9 Å². The van der Waals surface area contributed by atoms with Gasteiger partial charge >= 0.3 is 27.5 Å². The molecule has 1 aliphatic heterocycles. The van der Waals surface area contributed by atoms with Crippen LogP contribution in [0.3, 0.4) is 0 Å². The van der Waals surface area contributed by atoms with Crippen LogP contribution >= 0.6 is 0 Å². The topological polar surface area (TPSA) is 108 Å². The van der Waals surface area contributed by atoms with Crippen LogP contribution in [0.5, 0.6) is 5.75 Å². The van der Waals surface area contributed by atoms with Gasteiger partial charge < -0.3 is 18.9 Å². The summed E-state index contributed by atoms with van der Waals surface area (Å²) >= 11 is 0. The Bertz CT molecular complexity index is 1670. The van der Waals surface area contributed by atoms with Gasteiger partial charge in [0.25, 0.3) is 0 Å². The molecule has 256 valence electrons. The molecule has 0 saturated carbocycles. The summed E-state index contributed by atoms with van der Waals surface area (Å²) in [6.45, 7) is 4.60. The van der Waals surface area contributed by atoms with E-state index in [0.717, 1.165) is 21.6 Å². The van der Waals surface area contributed by atoms with Gasteiger partial charge in [-0.05, 0) is 82.1 Å². The highest BCUT2D eigenvalue weighted by Crippen LogP contribution is 2.46. The maximum Gasteiger partial charge on any atom is 0.398 e. The number of hydrogen-bond donors (Lipinski definition) is 1. The van der Waals surface area contributed by atoms with Crippen molar-refractivity contribution in [2.75, 3.05) is 19.8 Å². The number of alkyl halides is 5. The van der Waals surface area contributed by atoms with Gasteiger partial charge in [-0.1, -0.05) is 18.2 Å². The highest BCUT2D eigenvalue weighted by Gasteiger charge is 2.56. The lowest BCUT2D eigenvalue weighted by atomic mass is 9.90. The summed E-state index contributed by atoms with van der Waals surface area (Å²) in [5, 5.41) is -4.63. The maximum atomic E-state index is 13.8. The molecule has 1 N–H and O–H groups in total. The molecule has 0 radical (unpaired) electrons. The van der Waals surface area contributed by atoms with Gasteiger partial charge in [-0.3, -0.25) is 4.55 Å². The van der Waals surface area contributed by atoms with Crippen LogP contribution < -0.4 is 4.74 Å². The summed E-state index contributed by atoms with van der Waals surface area (Å²) in [6.07, 6.45) is -6.81. The molecule has 1 fully saturated rings. The second-order valence-electron chi connectivity index (χ2n) is 11.6. The number of rotatable bonds is 10. The van der Waals surface area contributed by atoms with Gasteiger partial charge in [0.15, 0.2) is 20.5 Å². The Morgan fingerprint density at radius 1 is 0.915 bits per heavy atom. The normalized spacial score (nSPS) is 22.0. The van der Waals surface area contributed by atoms with E-state index in [2.05, 4.69) is 4.74 Å². The Balaban J connectivity index is 1.57. The van der Waals surface area contributed by atoms with E-state index in [1.165, 1.54) is 0 Å². The van der Waals surface area contributed by atoms with Crippen molar-refractivity contribution in [1.82, 2.24) is 0 Å². The molecular formula is C32H34F5O8S2+. The van der Waals surface area contributed by atoms with Gasteiger partial charge in [0.2, 0.25) is 0 Å². The van der Waals surface area contributed by atoms with Gasteiger partial charge in [-0.2, -0.15) is 30.4 Å². The lowest BCUT2D eigenvalue weighted by Crippen LogP contribution is -2.52. The molecule has 0 aliphatic carbocycles. The van der Waals surface area contributed by atoms with Gasteiger partial charge in [-0.15, -0.1) is 0 Å². The zero-order chi connectivity index (χ0) is 35.0. The molecule has 1 saturated heterocycles. The second kappa shape index (κ2) is 13.4. The molecule has 15 heteroatoms. The van der Waals surface area contributed by atoms with Crippen molar-refractivity contribution in [2.24, 2.45) is 5.41 Å². The summed E-state index contributed by atoms with van der Waals surface area (Å²) in [6, 6.07) is 20.3. The fraction of sp³-hybridized carbons (Fsp3) is 0.406. The molecular weight excluding hydrogens is 671 g/mol. The molecule has 0 aromatic heterocycles. The molecule has 0 amide bonds. The summed E-state index contributed by atoms with van der Waals surface area (Å²) in [5.74, 6) is -2.28. The van der Waals surface area contributed by atoms with E-state index in [-0.39, 0.29) is 5.75 Å². The Morgan fingerprint density at radius 2 is 1.43 bits per heavy atom. The van der Waals surface area contributed by atoms with Crippen molar-refractivity contribution in [1.29, 1.82) is 0 Å². The smallest absolute Gasteiger partial charge is 0.398 e. The first-order valence-electron chi connectivity index (χ1n) is 14.2. The van der Waals surface area contributed by atoms with E-state index in [0.29, 0.717) is 23.6 Å². The lowest BCUT2D eigenvalue weighted by Gasteiger charge is -2.43. The SMILES string of the molecule is Cc1cc([S+](c2ccccc2)c2ccc(C3(C)OCC(C)(C(F)(F)F)CO3)cc2)cc(C)c1OC(=O)COC(C)C(F)(F)S(=O)(=O)O. The fourth-order valence-corrected chi connectivity index (χ4v) is 7.43. The number of benzene rings is 3. The van der Waals surface area contributed by atoms with Crippen LogP contribution in [-0.2, 0) is 45.8 Å². The Morgan fingerprint density at radius 3 is 1.91 bits per heavy atom. The minimum Gasteiger partial charge on any atom is -0.424 e. The van der Waals surface area contributed by atoms with E-state index in [1.54, 1.807) is 32.9 Å². The van der Waals surface area contributed by atoms with Crippen molar-refractivity contribution in [3.63, 3.8) is 0 Å². The number of aryl methyl sites for hydroxylation is 2. The van der Waals surface area contributed by atoms with Crippen LogP contribution in [0.1, 0.15) is 37.5 Å². The van der Waals surface area contributed by atoms with Crippen LogP contribution in [0.2, 0.25) is 0 Å². The molecule has 3 aromatic rings. The monoisotopic (exact) mass is 705 g/mol. The van der Waals surface area contributed by atoms with Crippen molar-refractivity contribution in [3.05, 3.63) is 83.4 Å². The van der Waals surface area contributed by atoms with Gasteiger partial charge in [0, 0.05) is 17.7 Å². The van der Waals surface area contributed by atoms with E-state index < -0.39 is 75.5 Å². The predicted octanol–water partition coefficient (Wildman–Crippen LogP) is 6.98. The van der Waals surface area contributed by atoms with E-state index >= 15 is 0 Å². The molecule has 47 heavy (non-hydrogen) atoms. The quantitative estimate of drug-likeness (QED) is 0.0792. The highest BCUT2D eigenvalue weighted by molar-refractivity contribution is 7.97. The number of halogens is 5. The number of carbonyl (C=O) groups excluding carboxylic acids is 1. The third-order valence-electron chi connectivity index (χ3n) is 7.76. The highest BCUT2D eigenvalue weighted by atomic mass is 32.2. The molecule has 1 aliphatic rings. The minimum absolute atomic E-state index is 0.161. The van der Waals surface area contributed by atoms with E-state index in [4.69, 9.17) is 18.8 Å². The lowest BCUT2D eigenvalue weighted by molar-refractivity contribution is -0.354. The van der Waals surface area contributed by atoms with Gasteiger partial charge in [-0.25, -0.2) is 4.79 Å². The van der Waals surface area contributed by atoms with Crippen LogP contribution in [0.25, 0.3) is 0 Å².